The summed E-state index contributed by atoms with van der Waals surface area (Å²) in [5.41, 5.74) is 7.46. The summed E-state index contributed by atoms with van der Waals surface area (Å²) in [4.78, 5) is 0. The van der Waals surface area contributed by atoms with Crippen molar-refractivity contribution in [1.82, 2.24) is 14.8 Å². The fourth-order valence-corrected chi connectivity index (χ4v) is 1.73. The molecule has 84 valence electrons. The first-order valence-electron chi connectivity index (χ1n) is 4.76. The van der Waals surface area contributed by atoms with Crippen molar-refractivity contribution in [3.05, 3.63) is 22.7 Å². The third-order valence-electron chi connectivity index (χ3n) is 2.35. The summed E-state index contributed by atoms with van der Waals surface area (Å²) in [5, 5.41) is 11.1. The number of halogens is 1. The minimum Gasteiger partial charge on any atom is -0.398 e. The van der Waals surface area contributed by atoms with Gasteiger partial charge in [0, 0.05) is 29.8 Å². The second-order valence-corrected chi connectivity index (χ2v) is 4.25. The van der Waals surface area contributed by atoms with E-state index in [1.54, 1.807) is 0 Å². The Balaban J connectivity index is 2.50. The number of aromatic nitrogens is 3. The molecule has 1 aromatic carbocycles. The van der Waals surface area contributed by atoms with Gasteiger partial charge in [-0.1, -0.05) is 0 Å². The molecule has 2 rings (SSSR count). The van der Waals surface area contributed by atoms with Crippen molar-refractivity contribution in [3.8, 4) is 11.4 Å². The van der Waals surface area contributed by atoms with E-state index < -0.39 is 0 Å². The van der Waals surface area contributed by atoms with Crippen LogP contribution in [-0.4, -0.2) is 21.8 Å². The van der Waals surface area contributed by atoms with Gasteiger partial charge in [-0.15, -0.1) is 10.2 Å². The Morgan fingerprint density at radius 2 is 2.12 bits per heavy atom. The number of nitrogen functional groups attached to an aromatic ring is 1. The summed E-state index contributed by atoms with van der Waals surface area (Å²) in [6.07, 6.45) is 0. The van der Waals surface area contributed by atoms with Crippen molar-refractivity contribution in [3.63, 3.8) is 0 Å². The van der Waals surface area contributed by atoms with Crippen molar-refractivity contribution in [2.75, 3.05) is 18.1 Å². The molecular weight excluding hydrogens is 270 g/mol. The molecule has 16 heavy (non-hydrogen) atoms. The maximum absolute atomic E-state index is 5.83. The highest BCUT2D eigenvalue weighted by Crippen LogP contribution is 2.26. The molecule has 0 bridgehead atoms. The molecule has 0 radical (unpaired) electrons. The van der Waals surface area contributed by atoms with E-state index in [4.69, 9.17) is 5.73 Å². The van der Waals surface area contributed by atoms with E-state index >= 15 is 0 Å². The number of rotatable bonds is 2. The molecule has 1 heterocycles. The van der Waals surface area contributed by atoms with Crippen LogP contribution >= 0.6 is 15.9 Å². The van der Waals surface area contributed by atoms with Crippen LogP contribution in [0.1, 0.15) is 0 Å². The monoisotopic (exact) mass is 281 g/mol. The third-order valence-corrected chi connectivity index (χ3v) is 3.07. The third kappa shape index (κ3) is 1.76. The summed E-state index contributed by atoms with van der Waals surface area (Å²) in [6, 6.07) is 5.72. The highest BCUT2D eigenvalue weighted by Gasteiger charge is 2.10. The molecule has 0 aliphatic heterocycles. The second-order valence-electron chi connectivity index (χ2n) is 3.39. The average molecular weight is 282 g/mol. The molecule has 0 atom stereocenters. The van der Waals surface area contributed by atoms with Crippen LogP contribution in [0.5, 0.6) is 0 Å². The van der Waals surface area contributed by atoms with Crippen molar-refractivity contribution < 1.29 is 0 Å². The zero-order valence-corrected chi connectivity index (χ0v) is 10.6. The van der Waals surface area contributed by atoms with Gasteiger partial charge in [0.25, 0.3) is 0 Å². The summed E-state index contributed by atoms with van der Waals surface area (Å²) in [7, 11) is 3.71. The second kappa shape index (κ2) is 4.13. The highest BCUT2D eigenvalue weighted by atomic mass is 79.9. The predicted molar refractivity (Wildman–Crippen MR) is 68.1 cm³/mol. The summed E-state index contributed by atoms with van der Waals surface area (Å²) >= 11 is 3.36. The molecule has 6 heteroatoms. The predicted octanol–water partition coefficient (Wildman–Crippen LogP) is 1.87. The molecule has 0 spiro atoms. The molecule has 0 unspecified atom stereocenters. The van der Waals surface area contributed by atoms with Gasteiger partial charge in [0.1, 0.15) is 0 Å². The van der Waals surface area contributed by atoms with Gasteiger partial charge in [0.05, 0.1) is 0 Å². The average Bonchev–Trinajstić information content (AvgIpc) is 2.64. The number of hydrogen-bond acceptors (Lipinski definition) is 4. The first-order chi connectivity index (χ1) is 7.63. The van der Waals surface area contributed by atoms with E-state index in [0.29, 0.717) is 5.69 Å². The highest BCUT2D eigenvalue weighted by molar-refractivity contribution is 9.10. The lowest BCUT2D eigenvalue weighted by molar-refractivity contribution is 0.925. The van der Waals surface area contributed by atoms with Crippen LogP contribution in [0.3, 0.4) is 0 Å². The maximum atomic E-state index is 5.83. The Kier molecular flexibility index (Phi) is 2.82. The van der Waals surface area contributed by atoms with E-state index in [2.05, 4.69) is 31.4 Å². The van der Waals surface area contributed by atoms with Gasteiger partial charge < -0.3 is 11.1 Å². The van der Waals surface area contributed by atoms with Crippen LogP contribution in [-0.2, 0) is 7.05 Å². The van der Waals surface area contributed by atoms with Crippen LogP contribution in [0, 0.1) is 0 Å². The van der Waals surface area contributed by atoms with E-state index in [9.17, 15) is 0 Å². The number of hydrogen-bond donors (Lipinski definition) is 2. The number of nitrogens with two attached hydrogens (primary N) is 1. The van der Waals surface area contributed by atoms with E-state index in [-0.39, 0.29) is 0 Å². The molecule has 1 aromatic heterocycles. The summed E-state index contributed by atoms with van der Waals surface area (Å²) in [5.74, 6) is 1.50. The van der Waals surface area contributed by atoms with Gasteiger partial charge in [-0.05, 0) is 34.1 Å². The molecule has 0 amide bonds. The van der Waals surface area contributed by atoms with Crippen LogP contribution in [0.4, 0.5) is 11.6 Å². The van der Waals surface area contributed by atoms with Crippen molar-refractivity contribution >= 4 is 27.6 Å². The zero-order valence-electron chi connectivity index (χ0n) is 9.03. The van der Waals surface area contributed by atoms with Gasteiger partial charge in [-0.3, -0.25) is 4.57 Å². The molecule has 0 aliphatic rings. The Labute approximate surface area is 102 Å². The molecule has 0 saturated carbocycles. The summed E-state index contributed by atoms with van der Waals surface area (Å²) in [6.45, 7) is 0. The van der Waals surface area contributed by atoms with Crippen LogP contribution in [0.25, 0.3) is 11.4 Å². The minimum atomic E-state index is 0.687. The molecule has 2 aromatic rings. The zero-order chi connectivity index (χ0) is 11.7. The van der Waals surface area contributed by atoms with Gasteiger partial charge in [-0.2, -0.15) is 0 Å². The quantitative estimate of drug-likeness (QED) is 0.825. The lowest BCUT2D eigenvalue weighted by Crippen LogP contribution is -2.00. The number of benzene rings is 1. The molecule has 0 fully saturated rings. The normalized spacial score (nSPS) is 10.4. The van der Waals surface area contributed by atoms with Gasteiger partial charge >= 0.3 is 0 Å². The Morgan fingerprint density at radius 3 is 2.69 bits per heavy atom. The Morgan fingerprint density at radius 1 is 1.38 bits per heavy atom. The molecule has 0 aliphatic carbocycles. The van der Waals surface area contributed by atoms with Crippen molar-refractivity contribution in [2.24, 2.45) is 7.05 Å². The number of nitrogens with one attached hydrogen (secondary N) is 1. The molecule has 3 N–H and O–H groups in total. The standard InChI is InChI=1S/C10H12BrN5/c1-13-10-15-14-9(16(10)2)6-3-4-7(11)8(12)5-6/h3-5H,12H2,1-2H3,(H,13,15). The van der Waals surface area contributed by atoms with Crippen LogP contribution in [0.15, 0.2) is 22.7 Å². The first-order valence-corrected chi connectivity index (χ1v) is 5.55. The van der Waals surface area contributed by atoms with Gasteiger partial charge in [0.15, 0.2) is 5.82 Å². The van der Waals surface area contributed by atoms with Crippen molar-refractivity contribution in [2.45, 2.75) is 0 Å². The molecule has 0 saturated heterocycles. The van der Waals surface area contributed by atoms with Crippen molar-refractivity contribution in [1.29, 1.82) is 0 Å². The molecular formula is C10H12BrN5. The smallest absolute Gasteiger partial charge is 0.224 e. The topological polar surface area (TPSA) is 68.8 Å². The van der Waals surface area contributed by atoms with E-state index in [1.165, 1.54) is 0 Å². The fourth-order valence-electron chi connectivity index (χ4n) is 1.48. The van der Waals surface area contributed by atoms with Crippen LogP contribution < -0.4 is 11.1 Å². The van der Waals surface area contributed by atoms with Gasteiger partial charge in [-0.25, -0.2) is 0 Å². The van der Waals surface area contributed by atoms with E-state index in [1.807, 2.05) is 36.9 Å². The lowest BCUT2D eigenvalue weighted by Gasteiger charge is -2.05. The van der Waals surface area contributed by atoms with E-state index in [0.717, 1.165) is 21.8 Å². The first kappa shape index (κ1) is 10.9. The Bertz CT molecular complexity index is 520. The lowest BCUT2D eigenvalue weighted by atomic mass is 10.2. The number of nitrogens with zero attached hydrogens (tertiary/aromatic N) is 3. The maximum Gasteiger partial charge on any atom is 0.224 e. The minimum absolute atomic E-state index is 0.687. The fraction of sp³-hybridized carbons (Fsp3) is 0.200. The molecule has 5 nitrogen and oxygen atoms in total. The summed E-state index contributed by atoms with van der Waals surface area (Å²) < 4.78 is 2.76. The largest absolute Gasteiger partial charge is 0.398 e. The Hall–Kier alpha value is -1.56. The number of anilines is 2. The van der Waals surface area contributed by atoms with Gasteiger partial charge in [0.2, 0.25) is 5.95 Å². The SMILES string of the molecule is CNc1nnc(-c2ccc(Br)c(N)c2)n1C. The van der Waals surface area contributed by atoms with Crippen LogP contribution in [0.2, 0.25) is 0 Å².